The van der Waals surface area contributed by atoms with E-state index in [1.165, 1.54) is 11.3 Å². The highest BCUT2D eigenvalue weighted by molar-refractivity contribution is 5.53. The molecule has 1 N–H and O–H groups in total. The third kappa shape index (κ3) is 2.38. The van der Waals surface area contributed by atoms with Crippen LogP contribution in [0.2, 0.25) is 0 Å². The Kier molecular flexibility index (Phi) is 3.49. The lowest BCUT2D eigenvalue weighted by Gasteiger charge is -2.21. The van der Waals surface area contributed by atoms with Crippen molar-refractivity contribution in [1.82, 2.24) is 0 Å². The summed E-state index contributed by atoms with van der Waals surface area (Å²) in [5, 5.41) is 3.62. The van der Waals surface area contributed by atoms with E-state index in [4.69, 9.17) is 4.74 Å². The molecule has 0 saturated carbocycles. The zero-order valence-electron chi connectivity index (χ0n) is 10.4. The van der Waals surface area contributed by atoms with Crippen LogP contribution in [-0.4, -0.2) is 18.8 Å². The molecule has 0 radical (unpaired) electrons. The fraction of sp³-hybridized carbons (Fsp3) is 0.571. The molecule has 1 saturated heterocycles. The van der Waals surface area contributed by atoms with E-state index >= 15 is 0 Å². The van der Waals surface area contributed by atoms with Crippen LogP contribution in [0.3, 0.4) is 0 Å². The third-order valence-electron chi connectivity index (χ3n) is 3.30. The van der Waals surface area contributed by atoms with E-state index in [0.29, 0.717) is 18.1 Å². The molecule has 2 atom stereocenters. The Bertz CT molecular complexity index is 348. The monoisotopic (exact) mass is 219 g/mol. The topological polar surface area (TPSA) is 21.3 Å². The average molecular weight is 219 g/mol. The van der Waals surface area contributed by atoms with Crippen LogP contribution in [0, 0.1) is 0 Å². The van der Waals surface area contributed by atoms with E-state index in [1.54, 1.807) is 0 Å². The largest absolute Gasteiger partial charge is 0.379 e. The number of hydrogen-bond acceptors (Lipinski definition) is 2. The van der Waals surface area contributed by atoms with Gasteiger partial charge in [0.05, 0.1) is 12.1 Å². The van der Waals surface area contributed by atoms with Crippen LogP contribution >= 0.6 is 0 Å². The highest BCUT2D eigenvalue weighted by Crippen LogP contribution is 2.26. The summed E-state index contributed by atoms with van der Waals surface area (Å²) in [5.74, 6) is 0.557. The minimum absolute atomic E-state index is 0.320. The van der Waals surface area contributed by atoms with Crippen molar-refractivity contribution in [3.8, 4) is 0 Å². The Hall–Kier alpha value is -1.02. The summed E-state index contributed by atoms with van der Waals surface area (Å²) in [6.45, 7) is 7.48. The Morgan fingerprint density at radius 1 is 1.31 bits per heavy atom. The SMILES string of the molecule is CC(C)c1ccccc1NC1CCOC1C. The Morgan fingerprint density at radius 3 is 2.69 bits per heavy atom. The van der Waals surface area contributed by atoms with Gasteiger partial charge in [-0.25, -0.2) is 0 Å². The van der Waals surface area contributed by atoms with Gasteiger partial charge in [0.25, 0.3) is 0 Å². The van der Waals surface area contributed by atoms with Gasteiger partial charge < -0.3 is 10.1 Å². The van der Waals surface area contributed by atoms with Gasteiger partial charge in [0.2, 0.25) is 0 Å². The van der Waals surface area contributed by atoms with Crippen LogP contribution in [0.25, 0.3) is 0 Å². The van der Waals surface area contributed by atoms with Gasteiger partial charge in [-0.3, -0.25) is 0 Å². The second-order valence-electron chi connectivity index (χ2n) is 4.86. The minimum atomic E-state index is 0.320. The third-order valence-corrected chi connectivity index (χ3v) is 3.30. The van der Waals surface area contributed by atoms with E-state index in [0.717, 1.165) is 13.0 Å². The molecule has 1 fully saturated rings. The molecular formula is C14H21NO. The van der Waals surface area contributed by atoms with E-state index in [9.17, 15) is 0 Å². The first kappa shape index (κ1) is 11.5. The fourth-order valence-corrected chi connectivity index (χ4v) is 2.25. The lowest BCUT2D eigenvalue weighted by atomic mass is 10.00. The summed E-state index contributed by atoms with van der Waals surface area (Å²) in [7, 11) is 0. The predicted octanol–water partition coefficient (Wildman–Crippen LogP) is 3.40. The maximum atomic E-state index is 5.58. The van der Waals surface area contributed by atoms with Crippen LogP contribution in [0.4, 0.5) is 5.69 Å². The van der Waals surface area contributed by atoms with Crippen LogP contribution in [0.5, 0.6) is 0 Å². The Morgan fingerprint density at radius 2 is 2.06 bits per heavy atom. The van der Waals surface area contributed by atoms with E-state index in [2.05, 4.69) is 50.4 Å². The number of ether oxygens (including phenoxy) is 1. The summed E-state index contributed by atoms with van der Waals surface area (Å²) in [5.41, 5.74) is 2.65. The van der Waals surface area contributed by atoms with E-state index < -0.39 is 0 Å². The van der Waals surface area contributed by atoms with Crippen LogP contribution < -0.4 is 5.32 Å². The second kappa shape index (κ2) is 4.88. The standard InChI is InChI=1S/C14H21NO/c1-10(2)12-6-4-5-7-14(12)15-13-8-9-16-11(13)3/h4-7,10-11,13,15H,8-9H2,1-3H3. The van der Waals surface area contributed by atoms with Crippen molar-refractivity contribution >= 4 is 5.69 Å². The molecule has 1 aromatic rings. The van der Waals surface area contributed by atoms with Gasteiger partial charge >= 0.3 is 0 Å². The Labute approximate surface area is 98.0 Å². The van der Waals surface area contributed by atoms with Gasteiger partial charge in [0, 0.05) is 12.3 Å². The van der Waals surface area contributed by atoms with Crippen molar-refractivity contribution in [3.05, 3.63) is 29.8 Å². The van der Waals surface area contributed by atoms with Gasteiger partial charge in [-0.15, -0.1) is 0 Å². The summed E-state index contributed by atoms with van der Waals surface area (Å²) >= 11 is 0. The van der Waals surface area contributed by atoms with Crippen molar-refractivity contribution in [2.45, 2.75) is 45.3 Å². The van der Waals surface area contributed by atoms with E-state index in [-0.39, 0.29) is 0 Å². The van der Waals surface area contributed by atoms with Gasteiger partial charge in [-0.1, -0.05) is 32.0 Å². The molecule has 0 amide bonds. The summed E-state index contributed by atoms with van der Waals surface area (Å²) < 4.78 is 5.58. The molecule has 1 aromatic carbocycles. The average Bonchev–Trinajstić information content (AvgIpc) is 2.65. The number of para-hydroxylation sites is 1. The van der Waals surface area contributed by atoms with Gasteiger partial charge in [-0.05, 0) is 30.9 Å². The van der Waals surface area contributed by atoms with Crippen LogP contribution in [-0.2, 0) is 4.74 Å². The van der Waals surface area contributed by atoms with Crippen molar-refractivity contribution in [2.75, 3.05) is 11.9 Å². The predicted molar refractivity (Wildman–Crippen MR) is 68.0 cm³/mol. The number of anilines is 1. The molecule has 0 aromatic heterocycles. The molecule has 1 aliphatic rings. The number of nitrogens with one attached hydrogen (secondary N) is 1. The van der Waals surface area contributed by atoms with Crippen LogP contribution in [0.15, 0.2) is 24.3 Å². The summed E-state index contributed by atoms with van der Waals surface area (Å²) in [6, 6.07) is 9.03. The van der Waals surface area contributed by atoms with Gasteiger partial charge in [0.15, 0.2) is 0 Å². The second-order valence-corrected chi connectivity index (χ2v) is 4.86. The first-order chi connectivity index (χ1) is 7.68. The molecule has 1 aliphatic heterocycles. The molecule has 88 valence electrons. The van der Waals surface area contributed by atoms with Crippen molar-refractivity contribution in [1.29, 1.82) is 0 Å². The van der Waals surface area contributed by atoms with Crippen LogP contribution in [0.1, 0.15) is 38.7 Å². The molecule has 0 bridgehead atoms. The van der Waals surface area contributed by atoms with Crippen molar-refractivity contribution < 1.29 is 4.74 Å². The molecule has 2 rings (SSSR count). The molecule has 16 heavy (non-hydrogen) atoms. The zero-order valence-corrected chi connectivity index (χ0v) is 10.4. The van der Waals surface area contributed by atoms with E-state index in [1.807, 2.05) is 0 Å². The summed E-state index contributed by atoms with van der Waals surface area (Å²) in [6.07, 6.45) is 1.42. The number of hydrogen-bond donors (Lipinski definition) is 1. The smallest absolute Gasteiger partial charge is 0.0748 e. The fourth-order valence-electron chi connectivity index (χ4n) is 2.25. The van der Waals surface area contributed by atoms with Gasteiger partial charge in [0.1, 0.15) is 0 Å². The van der Waals surface area contributed by atoms with Crippen molar-refractivity contribution in [2.24, 2.45) is 0 Å². The maximum Gasteiger partial charge on any atom is 0.0748 e. The lowest BCUT2D eigenvalue weighted by Crippen LogP contribution is -2.27. The quantitative estimate of drug-likeness (QED) is 0.841. The van der Waals surface area contributed by atoms with Crippen molar-refractivity contribution in [3.63, 3.8) is 0 Å². The zero-order chi connectivity index (χ0) is 11.5. The number of benzene rings is 1. The normalized spacial score (nSPS) is 25.0. The molecule has 0 spiro atoms. The first-order valence-corrected chi connectivity index (χ1v) is 6.15. The number of rotatable bonds is 3. The molecular weight excluding hydrogens is 198 g/mol. The highest BCUT2D eigenvalue weighted by atomic mass is 16.5. The Balaban J connectivity index is 2.14. The first-order valence-electron chi connectivity index (χ1n) is 6.15. The molecule has 0 aliphatic carbocycles. The minimum Gasteiger partial charge on any atom is -0.379 e. The molecule has 2 nitrogen and oxygen atoms in total. The molecule has 2 unspecified atom stereocenters. The molecule has 1 heterocycles. The van der Waals surface area contributed by atoms with Gasteiger partial charge in [-0.2, -0.15) is 0 Å². The summed E-state index contributed by atoms with van der Waals surface area (Å²) in [4.78, 5) is 0. The molecule has 2 heteroatoms. The lowest BCUT2D eigenvalue weighted by molar-refractivity contribution is 0.121. The highest BCUT2D eigenvalue weighted by Gasteiger charge is 2.24. The maximum absolute atomic E-state index is 5.58.